The quantitative estimate of drug-likeness (QED) is 0.689. The van der Waals surface area contributed by atoms with Crippen molar-refractivity contribution >= 4 is 23.2 Å². The number of rotatable bonds is 8. The summed E-state index contributed by atoms with van der Waals surface area (Å²) in [5.74, 6) is 1.18. The minimum Gasteiger partial charge on any atom is -0.494 e. The number of benzene rings is 2. The zero-order valence-electron chi connectivity index (χ0n) is 13.9. The van der Waals surface area contributed by atoms with Gasteiger partial charge in [0, 0.05) is 10.7 Å². The molecule has 0 aliphatic heterocycles. The summed E-state index contributed by atoms with van der Waals surface area (Å²) in [6.45, 7) is 4.52. The lowest BCUT2D eigenvalue weighted by atomic mass is 10.2. The lowest BCUT2D eigenvalue weighted by Gasteiger charge is -2.15. The molecule has 1 unspecified atom stereocenters. The zero-order chi connectivity index (χ0) is 17.4. The molecule has 0 saturated carbocycles. The van der Waals surface area contributed by atoms with Crippen LogP contribution in [-0.4, -0.2) is 18.6 Å². The van der Waals surface area contributed by atoms with Crippen molar-refractivity contribution in [2.75, 3.05) is 11.9 Å². The van der Waals surface area contributed by atoms with Crippen LogP contribution < -0.4 is 14.8 Å². The Morgan fingerprint density at radius 2 is 1.71 bits per heavy atom. The van der Waals surface area contributed by atoms with Crippen LogP contribution in [0, 0.1) is 0 Å². The van der Waals surface area contributed by atoms with E-state index >= 15 is 0 Å². The summed E-state index contributed by atoms with van der Waals surface area (Å²) in [7, 11) is 0. The molecule has 1 atom stereocenters. The predicted octanol–water partition coefficient (Wildman–Crippen LogP) is 4.92. The van der Waals surface area contributed by atoms with Crippen LogP contribution in [0.4, 0.5) is 5.69 Å². The van der Waals surface area contributed by atoms with E-state index in [2.05, 4.69) is 12.2 Å². The molecule has 2 rings (SSSR count). The summed E-state index contributed by atoms with van der Waals surface area (Å²) in [6, 6.07) is 14.2. The van der Waals surface area contributed by atoms with Crippen molar-refractivity contribution in [2.45, 2.75) is 32.8 Å². The van der Waals surface area contributed by atoms with Gasteiger partial charge in [-0.05, 0) is 61.9 Å². The van der Waals surface area contributed by atoms with Crippen LogP contribution in [0.3, 0.4) is 0 Å². The number of hydrogen-bond acceptors (Lipinski definition) is 3. The molecule has 1 amide bonds. The smallest absolute Gasteiger partial charge is 0.265 e. The molecule has 0 aliphatic rings. The molecular weight excluding hydrogens is 326 g/mol. The van der Waals surface area contributed by atoms with E-state index in [4.69, 9.17) is 21.1 Å². The SMILES string of the molecule is CCCCOc1ccc(NC(=O)C(C)Oc2ccc(Cl)cc2)cc1. The van der Waals surface area contributed by atoms with E-state index in [1.54, 1.807) is 31.2 Å². The van der Waals surface area contributed by atoms with Gasteiger partial charge in [0.15, 0.2) is 6.10 Å². The largest absolute Gasteiger partial charge is 0.494 e. The Bertz CT molecular complexity index is 641. The van der Waals surface area contributed by atoms with Crippen molar-refractivity contribution < 1.29 is 14.3 Å². The maximum absolute atomic E-state index is 12.2. The molecule has 0 bridgehead atoms. The molecule has 1 N–H and O–H groups in total. The van der Waals surface area contributed by atoms with Crippen molar-refractivity contribution in [1.29, 1.82) is 0 Å². The van der Waals surface area contributed by atoms with E-state index in [9.17, 15) is 4.79 Å². The second-order valence-electron chi connectivity index (χ2n) is 5.43. The Kier molecular flexibility index (Phi) is 6.94. The van der Waals surface area contributed by atoms with Crippen molar-refractivity contribution in [1.82, 2.24) is 0 Å². The van der Waals surface area contributed by atoms with Gasteiger partial charge >= 0.3 is 0 Å². The van der Waals surface area contributed by atoms with Crippen molar-refractivity contribution in [3.63, 3.8) is 0 Å². The van der Waals surface area contributed by atoms with Crippen LogP contribution in [0.25, 0.3) is 0 Å². The Labute approximate surface area is 147 Å². The molecule has 0 spiro atoms. The van der Waals surface area contributed by atoms with Gasteiger partial charge in [-0.15, -0.1) is 0 Å². The highest BCUT2D eigenvalue weighted by Gasteiger charge is 2.14. The number of hydrogen-bond donors (Lipinski definition) is 1. The van der Waals surface area contributed by atoms with Crippen LogP contribution in [0.15, 0.2) is 48.5 Å². The monoisotopic (exact) mass is 347 g/mol. The summed E-state index contributed by atoms with van der Waals surface area (Å²) in [4.78, 5) is 12.2. The van der Waals surface area contributed by atoms with Crippen LogP contribution in [-0.2, 0) is 4.79 Å². The van der Waals surface area contributed by atoms with Crippen molar-refractivity contribution in [3.05, 3.63) is 53.6 Å². The minimum atomic E-state index is -0.619. The fraction of sp³-hybridized carbons (Fsp3) is 0.316. The lowest BCUT2D eigenvalue weighted by molar-refractivity contribution is -0.122. The molecular formula is C19H22ClNO3. The third-order valence-corrected chi connectivity index (χ3v) is 3.64. The molecule has 0 aliphatic carbocycles. The standard InChI is InChI=1S/C19H22ClNO3/c1-3-4-13-23-17-11-7-16(8-12-17)21-19(22)14(2)24-18-9-5-15(20)6-10-18/h5-12,14H,3-4,13H2,1-2H3,(H,21,22). The predicted molar refractivity (Wildman–Crippen MR) is 97.0 cm³/mol. The van der Waals surface area contributed by atoms with Crippen molar-refractivity contribution in [3.8, 4) is 11.5 Å². The third-order valence-electron chi connectivity index (χ3n) is 3.38. The van der Waals surface area contributed by atoms with E-state index in [0.29, 0.717) is 23.1 Å². The molecule has 2 aromatic rings. The third kappa shape index (κ3) is 5.78. The fourth-order valence-electron chi connectivity index (χ4n) is 1.98. The number of unbranched alkanes of at least 4 members (excludes halogenated alkanes) is 1. The second-order valence-corrected chi connectivity index (χ2v) is 5.87. The topological polar surface area (TPSA) is 47.6 Å². The van der Waals surface area contributed by atoms with E-state index in [-0.39, 0.29) is 5.91 Å². The van der Waals surface area contributed by atoms with Gasteiger partial charge in [-0.3, -0.25) is 4.79 Å². The zero-order valence-corrected chi connectivity index (χ0v) is 14.7. The number of anilines is 1. The van der Waals surface area contributed by atoms with Gasteiger partial charge in [-0.1, -0.05) is 24.9 Å². The Balaban J connectivity index is 1.85. The van der Waals surface area contributed by atoms with Gasteiger partial charge < -0.3 is 14.8 Å². The molecule has 4 nitrogen and oxygen atoms in total. The van der Waals surface area contributed by atoms with E-state index in [0.717, 1.165) is 18.6 Å². The molecule has 0 fully saturated rings. The molecule has 2 aromatic carbocycles. The summed E-state index contributed by atoms with van der Waals surface area (Å²) in [5.41, 5.74) is 0.703. The molecule has 0 aromatic heterocycles. The molecule has 5 heteroatoms. The molecule has 0 radical (unpaired) electrons. The first-order valence-electron chi connectivity index (χ1n) is 8.04. The second kappa shape index (κ2) is 9.18. The summed E-state index contributed by atoms with van der Waals surface area (Å²) >= 11 is 5.83. The first-order valence-corrected chi connectivity index (χ1v) is 8.42. The number of ether oxygens (including phenoxy) is 2. The van der Waals surface area contributed by atoms with E-state index in [1.807, 2.05) is 24.3 Å². The molecule has 128 valence electrons. The molecule has 24 heavy (non-hydrogen) atoms. The summed E-state index contributed by atoms with van der Waals surface area (Å²) in [6.07, 6.45) is 1.50. The molecule has 0 saturated heterocycles. The maximum Gasteiger partial charge on any atom is 0.265 e. The Morgan fingerprint density at radius 1 is 1.08 bits per heavy atom. The average Bonchev–Trinajstić information content (AvgIpc) is 2.58. The first kappa shape index (κ1) is 18.1. The lowest BCUT2D eigenvalue weighted by Crippen LogP contribution is -2.30. The first-order chi connectivity index (χ1) is 11.6. The van der Waals surface area contributed by atoms with E-state index in [1.165, 1.54) is 0 Å². The van der Waals surface area contributed by atoms with Gasteiger partial charge in [0.2, 0.25) is 0 Å². The highest BCUT2D eigenvalue weighted by Crippen LogP contribution is 2.19. The minimum absolute atomic E-state index is 0.218. The number of carbonyl (C=O) groups is 1. The van der Waals surface area contributed by atoms with Crippen molar-refractivity contribution in [2.24, 2.45) is 0 Å². The van der Waals surface area contributed by atoms with Gasteiger partial charge in [-0.25, -0.2) is 0 Å². The summed E-state index contributed by atoms with van der Waals surface area (Å²) < 4.78 is 11.2. The normalized spacial score (nSPS) is 11.6. The van der Waals surface area contributed by atoms with Gasteiger partial charge in [-0.2, -0.15) is 0 Å². The van der Waals surface area contributed by atoms with Crippen LogP contribution in [0.1, 0.15) is 26.7 Å². The van der Waals surface area contributed by atoms with Gasteiger partial charge in [0.1, 0.15) is 11.5 Å². The van der Waals surface area contributed by atoms with Crippen LogP contribution in [0.2, 0.25) is 5.02 Å². The number of carbonyl (C=O) groups excluding carboxylic acids is 1. The number of halogens is 1. The van der Waals surface area contributed by atoms with Gasteiger partial charge in [0.25, 0.3) is 5.91 Å². The highest BCUT2D eigenvalue weighted by molar-refractivity contribution is 6.30. The fourth-order valence-corrected chi connectivity index (χ4v) is 2.11. The number of nitrogens with one attached hydrogen (secondary N) is 1. The van der Waals surface area contributed by atoms with Crippen LogP contribution >= 0.6 is 11.6 Å². The molecule has 0 heterocycles. The number of amides is 1. The summed E-state index contributed by atoms with van der Waals surface area (Å²) in [5, 5.41) is 3.45. The van der Waals surface area contributed by atoms with Gasteiger partial charge in [0.05, 0.1) is 6.61 Å². The Hall–Kier alpha value is -2.20. The van der Waals surface area contributed by atoms with Crippen LogP contribution in [0.5, 0.6) is 11.5 Å². The Morgan fingerprint density at radius 3 is 2.33 bits per heavy atom. The van der Waals surface area contributed by atoms with E-state index < -0.39 is 6.10 Å². The maximum atomic E-state index is 12.2. The highest BCUT2D eigenvalue weighted by atomic mass is 35.5. The average molecular weight is 348 g/mol.